The molecule has 0 aliphatic rings. The highest BCUT2D eigenvalue weighted by atomic mass is 79.9. The third kappa shape index (κ3) is 4.37. The van der Waals surface area contributed by atoms with Crippen molar-refractivity contribution < 1.29 is 5.11 Å². The van der Waals surface area contributed by atoms with E-state index < -0.39 is 0 Å². The molecule has 0 unspecified atom stereocenters. The highest BCUT2D eigenvalue weighted by Crippen LogP contribution is 2.24. The molecule has 0 atom stereocenters. The Kier molecular flexibility index (Phi) is 4.98. The first-order chi connectivity index (χ1) is 7.98. The lowest BCUT2D eigenvalue weighted by Crippen LogP contribution is -2.24. The molecule has 0 spiro atoms. The van der Waals surface area contributed by atoms with Crippen LogP contribution in [-0.2, 0) is 0 Å². The molecule has 1 aromatic rings. The minimum absolute atomic E-state index is 0.00848. The maximum absolute atomic E-state index is 9.02. The molecule has 0 saturated heterocycles. The standard InChI is InChI=1S/C13H17BrN2O/c1-13(2,5-6-17)9-16-12-4-3-11(14)7-10(12)8-15/h3-4,7,16-17H,5-6,9H2,1-2H3. The fourth-order valence-electron chi connectivity index (χ4n) is 1.49. The summed E-state index contributed by atoms with van der Waals surface area (Å²) in [7, 11) is 0. The lowest BCUT2D eigenvalue weighted by molar-refractivity contribution is 0.220. The summed E-state index contributed by atoms with van der Waals surface area (Å²) in [5.41, 5.74) is 1.47. The average molecular weight is 297 g/mol. The van der Waals surface area contributed by atoms with Crippen molar-refractivity contribution in [1.82, 2.24) is 0 Å². The SMILES string of the molecule is CC(C)(CCO)CNc1ccc(Br)cc1C#N. The van der Waals surface area contributed by atoms with E-state index in [0.717, 1.165) is 23.1 Å². The summed E-state index contributed by atoms with van der Waals surface area (Å²) < 4.78 is 0.897. The second-order valence-electron chi connectivity index (χ2n) is 4.79. The van der Waals surface area contributed by atoms with Gasteiger partial charge in [0.05, 0.1) is 11.3 Å². The van der Waals surface area contributed by atoms with Gasteiger partial charge in [0, 0.05) is 17.6 Å². The molecule has 0 aliphatic carbocycles. The van der Waals surface area contributed by atoms with E-state index in [0.29, 0.717) is 5.56 Å². The molecule has 1 aromatic carbocycles. The first kappa shape index (κ1) is 14.0. The molecule has 0 fully saturated rings. The van der Waals surface area contributed by atoms with Crippen molar-refractivity contribution in [3.63, 3.8) is 0 Å². The Morgan fingerprint density at radius 2 is 2.18 bits per heavy atom. The summed E-state index contributed by atoms with van der Waals surface area (Å²) >= 11 is 3.34. The predicted molar refractivity (Wildman–Crippen MR) is 72.8 cm³/mol. The van der Waals surface area contributed by atoms with Crippen LogP contribution < -0.4 is 5.32 Å². The minimum atomic E-state index is 0.00848. The molecule has 92 valence electrons. The molecule has 4 heteroatoms. The molecule has 17 heavy (non-hydrogen) atoms. The smallest absolute Gasteiger partial charge is 0.101 e. The number of anilines is 1. The van der Waals surface area contributed by atoms with Gasteiger partial charge in [0.2, 0.25) is 0 Å². The van der Waals surface area contributed by atoms with Crippen molar-refractivity contribution in [2.45, 2.75) is 20.3 Å². The van der Waals surface area contributed by atoms with E-state index in [-0.39, 0.29) is 12.0 Å². The Morgan fingerprint density at radius 1 is 1.47 bits per heavy atom. The van der Waals surface area contributed by atoms with Crippen LogP contribution in [0.4, 0.5) is 5.69 Å². The fourth-order valence-corrected chi connectivity index (χ4v) is 1.85. The average Bonchev–Trinajstić information content (AvgIpc) is 2.27. The highest BCUT2D eigenvalue weighted by Gasteiger charge is 2.17. The number of hydrogen-bond acceptors (Lipinski definition) is 3. The normalized spacial score (nSPS) is 11.0. The van der Waals surface area contributed by atoms with E-state index in [9.17, 15) is 0 Å². The van der Waals surface area contributed by atoms with Crippen molar-refractivity contribution in [3.8, 4) is 6.07 Å². The van der Waals surface area contributed by atoms with Gasteiger partial charge in [-0.15, -0.1) is 0 Å². The molecule has 2 N–H and O–H groups in total. The van der Waals surface area contributed by atoms with Crippen LogP contribution in [0.5, 0.6) is 0 Å². The van der Waals surface area contributed by atoms with Crippen LogP contribution in [0, 0.1) is 16.7 Å². The van der Waals surface area contributed by atoms with Crippen LogP contribution in [0.25, 0.3) is 0 Å². The lowest BCUT2D eigenvalue weighted by atomic mass is 9.89. The van der Waals surface area contributed by atoms with E-state index in [1.165, 1.54) is 0 Å². The van der Waals surface area contributed by atoms with Crippen LogP contribution in [-0.4, -0.2) is 18.3 Å². The van der Waals surface area contributed by atoms with E-state index >= 15 is 0 Å². The van der Waals surface area contributed by atoms with Gasteiger partial charge in [0.1, 0.15) is 6.07 Å². The van der Waals surface area contributed by atoms with E-state index in [1.807, 2.05) is 12.1 Å². The molecular formula is C13H17BrN2O. The minimum Gasteiger partial charge on any atom is -0.396 e. The molecule has 0 bridgehead atoms. The Hall–Kier alpha value is -1.05. The zero-order valence-electron chi connectivity index (χ0n) is 10.1. The Balaban J connectivity index is 2.73. The Labute approximate surface area is 111 Å². The molecular weight excluding hydrogens is 280 g/mol. The number of halogens is 1. The molecule has 0 aliphatic heterocycles. The summed E-state index contributed by atoms with van der Waals surface area (Å²) in [5, 5.41) is 21.2. The molecule has 0 heterocycles. The van der Waals surface area contributed by atoms with Crippen molar-refractivity contribution in [1.29, 1.82) is 5.26 Å². The van der Waals surface area contributed by atoms with Crippen LogP contribution in [0.2, 0.25) is 0 Å². The zero-order chi connectivity index (χ0) is 12.9. The summed E-state index contributed by atoms with van der Waals surface area (Å²) in [6, 6.07) is 7.75. The van der Waals surface area contributed by atoms with Crippen LogP contribution in [0.1, 0.15) is 25.8 Å². The summed E-state index contributed by atoms with van der Waals surface area (Å²) in [5.74, 6) is 0. The quantitative estimate of drug-likeness (QED) is 0.878. The highest BCUT2D eigenvalue weighted by molar-refractivity contribution is 9.10. The van der Waals surface area contributed by atoms with Crippen LogP contribution in [0.3, 0.4) is 0 Å². The third-order valence-corrected chi connectivity index (χ3v) is 3.14. The Morgan fingerprint density at radius 3 is 2.76 bits per heavy atom. The second kappa shape index (κ2) is 6.04. The van der Waals surface area contributed by atoms with E-state index in [2.05, 4.69) is 41.2 Å². The van der Waals surface area contributed by atoms with Crippen molar-refractivity contribution >= 4 is 21.6 Å². The first-order valence-corrected chi connectivity index (χ1v) is 6.32. The number of aliphatic hydroxyl groups excluding tert-OH is 1. The van der Waals surface area contributed by atoms with Gasteiger partial charge in [0.15, 0.2) is 0 Å². The lowest BCUT2D eigenvalue weighted by Gasteiger charge is -2.24. The van der Waals surface area contributed by atoms with Crippen molar-refractivity contribution in [3.05, 3.63) is 28.2 Å². The first-order valence-electron chi connectivity index (χ1n) is 5.53. The summed E-state index contributed by atoms with van der Waals surface area (Å²) in [4.78, 5) is 0. The number of hydrogen-bond donors (Lipinski definition) is 2. The second-order valence-corrected chi connectivity index (χ2v) is 5.71. The zero-order valence-corrected chi connectivity index (χ0v) is 11.7. The van der Waals surface area contributed by atoms with Crippen LogP contribution in [0.15, 0.2) is 22.7 Å². The third-order valence-electron chi connectivity index (χ3n) is 2.65. The van der Waals surface area contributed by atoms with Crippen molar-refractivity contribution in [2.24, 2.45) is 5.41 Å². The van der Waals surface area contributed by atoms with Gasteiger partial charge >= 0.3 is 0 Å². The molecule has 0 amide bonds. The van der Waals surface area contributed by atoms with Gasteiger partial charge in [-0.3, -0.25) is 0 Å². The summed E-state index contributed by atoms with van der Waals surface area (Å²) in [6.07, 6.45) is 0.735. The topological polar surface area (TPSA) is 56.0 Å². The number of nitrogens with one attached hydrogen (secondary N) is 1. The number of nitriles is 1. The van der Waals surface area contributed by atoms with E-state index in [1.54, 1.807) is 6.07 Å². The Bertz CT molecular complexity index is 424. The maximum atomic E-state index is 9.02. The monoisotopic (exact) mass is 296 g/mol. The molecule has 0 aromatic heterocycles. The van der Waals surface area contributed by atoms with Gasteiger partial charge in [-0.05, 0) is 30.0 Å². The molecule has 0 saturated carbocycles. The number of nitrogens with zero attached hydrogens (tertiary/aromatic N) is 1. The van der Waals surface area contributed by atoms with Gasteiger partial charge in [-0.2, -0.15) is 5.26 Å². The molecule has 3 nitrogen and oxygen atoms in total. The molecule has 0 radical (unpaired) electrons. The van der Waals surface area contributed by atoms with Gasteiger partial charge in [0.25, 0.3) is 0 Å². The maximum Gasteiger partial charge on any atom is 0.101 e. The largest absolute Gasteiger partial charge is 0.396 e. The fraction of sp³-hybridized carbons (Fsp3) is 0.462. The van der Waals surface area contributed by atoms with E-state index in [4.69, 9.17) is 10.4 Å². The summed E-state index contributed by atoms with van der Waals surface area (Å²) in [6.45, 7) is 5.08. The molecule has 1 rings (SSSR count). The van der Waals surface area contributed by atoms with Gasteiger partial charge in [-0.1, -0.05) is 29.8 Å². The van der Waals surface area contributed by atoms with Gasteiger partial charge < -0.3 is 10.4 Å². The number of aliphatic hydroxyl groups is 1. The number of rotatable bonds is 5. The van der Waals surface area contributed by atoms with Crippen LogP contribution >= 0.6 is 15.9 Å². The van der Waals surface area contributed by atoms with Crippen molar-refractivity contribution in [2.75, 3.05) is 18.5 Å². The predicted octanol–water partition coefficient (Wildman–Crippen LogP) is 3.14. The number of benzene rings is 1. The van der Waals surface area contributed by atoms with Gasteiger partial charge in [-0.25, -0.2) is 0 Å².